The Bertz CT molecular complexity index is 4720. The first-order chi connectivity index (χ1) is 43.0. The van der Waals surface area contributed by atoms with Gasteiger partial charge in [0.1, 0.15) is 15.0 Å². The van der Waals surface area contributed by atoms with Crippen molar-refractivity contribution in [2.45, 2.75) is 96.8 Å². The number of carbonyl (C=O) groups excluding carboxylic acids is 3. The summed E-state index contributed by atoms with van der Waals surface area (Å²) < 4.78 is 97.9. The number of thiophene rings is 4. The average molecular weight is 1400 g/mol. The summed E-state index contributed by atoms with van der Waals surface area (Å²) in [6.45, 7) is 12.7. The monoisotopic (exact) mass is 1400 g/mol. The molecule has 0 aliphatic carbocycles. The summed E-state index contributed by atoms with van der Waals surface area (Å²) in [5, 5.41) is 18.3. The summed E-state index contributed by atoms with van der Waals surface area (Å²) in [5.41, 5.74) is 10.3. The summed E-state index contributed by atoms with van der Waals surface area (Å²) in [7, 11) is -8.72. The van der Waals surface area contributed by atoms with Crippen LogP contribution in [0, 0.1) is 27.7 Å². The Balaban J connectivity index is 0.000000230. The normalized spacial score (nSPS) is 11.1. The van der Waals surface area contributed by atoms with E-state index in [1.165, 1.54) is 145 Å². The average Bonchev–Trinajstić information content (AvgIpc) is 1.73. The number of hydrogen-bond acceptors (Lipinski definition) is 17. The van der Waals surface area contributed by atoms with Crippen LogP contribution in [-0.2, 0) is 39.5 Å². The molecule has 0 fully saturated rings. The summed E-state index contributed by atoms with van der Waals surface area (Å²) in [4.78, 5) is 34.3. The quantitative estimate of drug-likeness (QED) is 0.0601. The number of nitrogens with one attached hydrogen (secondary N) is 1. The zero-order valence-electron chi connectivity index (χ0n) is 51.6. The van der Waals surface area contributed by atoms with E-state index in [4.69, 9.17) is 5.73 Å². The van der Waals surface area contributed by atoms with Gasteiger partial charge in [-0.3, -0.25) is 13.3 Å². The van der Waals surface area contributed by atoms with Crippen LogP contribution in [0.1, 0.15) is 108 Å². The maximum Gasteiger partial charge on any atom is 1.00 e. The third-order valence-electron chi connectivity index (χ3n) is 14.6. The number of anilines is 4. The molecule has 4 aromatic heterocycles. The third kappa shape index (κ3) is 17.6. The Morgan fingerprint density at radius 2 is 0.785 bits per heavy atom. The molecule has 0 spiro atoms. The number of rotatable bonds is 18. The number of unbranched alkanes of at least 4 members (excludes halogenated alkanes) is 2. The predicted octanol–water partition coefficient (Wildman–Crippen LogP) is 13.4. The van der Waals surface area contributed by atoms with Gasteiger partial charge in [0.15, 0.2) is 0 Å². The summed E-state index contributed by atoms with van der Waals surface area (Å²) >= 11 is 5.99. The second-order valence-corrected chi connectivity index (χ2v) is 30.1. The number of nitrogens with zero attached hydrogens (tertiary/aromatic N) is 2. The number of carboxylic acid groups (broad SMARTS) is 1. The number of hydrogen-bond donors (Lipinski definition) is 2. The van der Waals surface area contributed by atoms with Crippen molar-refractivity contribution in [1.29, 1.82) is 0 Å². The Kier molecular flexibility index (Phi) is 27.8. The second-order valence-electron chi connectivity index (χ2n) is 20.5. The third-order valence-corrected chi connectivity index (χ3v) is 24.8. The van der Waals surface area contributed by atoms with E-state index in [2.05, 4.69) is 33.3 Å². The van der Waals surface area contributed by atoms with E-state index in [9.17, 15) is 44.7 Å². The van der Waals surface area contributed by atoms with E-state index in [0.717, 1.165) is 82.6 Å². The summed E-state index contributed by atoms with van der Waals surface area (Å²) in [6, 6.07) is 48.5. The number of aryl methyl sites for hydroxylation is 4. The van der Waals surface area contributed by atoms with Gasteiger partial charge < -0.3 is 25.1 Å². The SMILES string of the molecule is C.C.CCCCN(c1sc2ccccc2c1C)S(=O)(=O)c1ccc(C(=O)OC)cc1.CCCCN(c1sc2ccccc2c1C)S(=O)(=O)c1ccc(C(=O)[O-])cc1.COC(=O)c1ccc(S(=O)(=O)Nc2sc3ccccc3c2C)cc1.Cc1c(N)sc2ccccc12.[Na+]. The van der Waals surface area contributed by atoms with Crippen LogP contribution in [0.25, 0.3) is 40.3 Å². The molecule has 0 saturated carbocycles. The zero-order chi connectivity index (χ0) is 65.1. The molecule has 0 radical (unpaired) electrons. The van der Waals surface area contributed by atoms with E-state index in [1.54, 1.807) is 11.3 Å². The fraction of sp³-hybridized carbons (Fsp3) is 0.232. The minimum absolute atomic E-state index is 0. The number of nitrogen functional groups attached to an aromatic ring is 1. The van der Waals surface area contributed by atoms with Gasteiger partial charge in [-0.1, -0.05) is 126 Å². The Hall–Kier alpha value is -7.16. The molecule has 0 atom stereocenters. The van der Waals surface area contributed by atoms with Gasteiger partial charge in [-0.15, -0.1) is 45.3 Å². The van der Waals surface area contributed by atoms with E-state index in [-0.39, 0.29) is 64.7 Å². The van der Waals surface area contributed by atoms with Crippen molar-refractivity contribution < 1.29 is 83.8 Å². The number of aromatic carboxylic acids is 1. The first-order valence-corrected chi connectivity index (χ1v) is 36.0. The van der Waals surface area contributed by atoms with Crippen LogP contribution in [-0.4, -0.2) is 70.5 Å². The molecule has 93 heavy (non-hydrogen) atoms. The fourth-order valence-corrected chi connectivity index (χ4v) is 19.0. The Morgan fingerprint density at radius 3 is 1.12 bits per heavy atom. The van der Waals surface area contributed by atoms with E-state index >= 15 is 0 Å². The first-order valence-electron chi connectivity index (χ1n) is 28.4. The van der Waals surface area contributed by atoms with Crippen LogP contribution < -0.4 is 53.7 Å². The van der Waals surface area contributed by atoms with Crippen molar-refractivity contribution in [3.63, 3.8) is 0 Å². The smallest absolute Gasteiger partial charge is 0.545 e. The standard InChI is InChI=1S/C21H23NO4S2.C20H21NO4S2.C17H15NO4S2.C9H9NS.2CH4.Na/c1-4-5-14-22(20-15(2)18-8-6-7-9-19(18)27-20)28(24,25)17-12-10-16(11-13-17)21(23)26-3;1-3-4-13-21(19-14(2)17-7-5-6-8-18(17)26-19)27(24,25)16-11-9-15(10-12-16)20(22)23;1-11-14-5-3-4-6-15(14)23-16(11)18-24(20,21)13-9-7-12(8-10-13)17(19)22-2;1-6-7-4-2-3-5-8(7)11-9(6)10;;;/h6-13H,4-5,14H2,1-3H3;5-12H,3-4,13H2,1-2H3,(H,22,23);3-10,18H,1-2H3;2-5H,10H2,1H3;2*1H4;/q;;;;;;+1/p-1. The molecule has 11 aromatic rings. The van der Waals surface area contributed by atoms with Crippen molar-refractivity contribution in [3.8, 4) is 0 Å². The van der Waals surface area contributed by atoms with Crippen LogP contribution in [0.5, 0.6) is 0 Å². The van der Waals surface area contributed by atoms with E-state index < -0.39 is 48.0 Å². The largest absolute Gasteiger partial charge is 1.00 e. The van der Waals surface area contributed by atoms with Crippen LogP contribution in [0.15, 0.2) is 185 Å². The minimum Gasteiger partial charge on any atom is -0.545 e. The second kappa shape index (κ2) is 33.8. The molecule has 0 amide bonds. The molecule has 0 saturated heterocycles. The maximum atomic E-state index is 13.4. The molecule has 11 rings (SSSR count). The number of esters is 2. The number of methoxy groups -OCH3 is 2. The topological polar surface area (TPSA) is 240 Å². The molecule has 24 heteroatoms. The van der Waals surface area contributed by atoms with Gasteiger partial charge in [0.2, 0.25) is 0 Å². The van der Waals surface area contributed by atoms with Gasteiger partial charge in [0.05, 0.1) is 51.0 Å². The number of nitrogens with two attached hydrogens (primary N) is 1. The first kappa shape index (κ1) is 76.6. The molecule has 0 aliphatic rings. The molecule has 0 aliphatic heterocycles. The fourth-order valence-electron chi connectivity index (χ4n) is 9.50. The van der Waals surface area contributed by atoms with Crippen molar-refractivity contribution in [2.24, 2.45) is 0 Å². The molecule has 4 heterocycles. The van der Waals surface area contributed by atoms with Gasteiger partial charge >= 0.3 is 41.5 Å². The molecular weight excluding hydrogens is 1320 g/mol. The van der Waals surface area contributed by atoms with Gasteiger partial charge in [-0.25, -0.2) is 34.8 Å². The Labute approximate surface area is 584 Å². The van der Waals surface area contributed by atoms with Crippen LogP contribution in [0.2, 0.25) is 0 Å². The summed E-state index contributed by atoms with van der Waals surface area (Å²) in [6.07, 6.45) is 3.23. The Morgan fingerprint density at radius 1 is 0.462 bits per heavy atom. The molecule has 3 N–H and O–H groups in total. The zero-order valence-corrected chi connectivity index (χ0v) is 59.4. The molecule has 16 nitrogen and oxygen atoms in total. The van der Waals surface area contributed by atoms with Crippen molar-refractivity contribution in [1.82, 2.24) is 0 Å². The van der Waals surface area contributed by atoms with Crippen molar-refractivity contribution in [2.75, 3.05) is 46.4 Å². The maximum absolute atomic E-state index is 13.4. The molecule has 486 valence electrons. The number of benzene rings is 7. The predicted molar refractivity (Wildman–Crippen MR) is 380 cm³/mol. The van der Waals surface area contributed by atoms with Crippen molar-refractivity contribution >= 4 is 154 Å². The van der Waals surface area contributed by atoms with Gasteiger partial charge in [0, 0.05) is 31.9 Å². The number of fused-ring (bicyclic) bond motifs is 4. The van der Waals surface area contributed by atoms with Crippen LogP contribution >= 0.6 is 45.3 Å². The number of ether oxygens (including phenoxy) is 2. The van der Waals surface area contributed by atoms with Crippen LogP contribution in [0.3, 0.4) is 0 Å². The molecule has 0 unspecified atom stereocenters. The molecular formula is C69H75N4NaO12S7. The number of carboxylic acids is 1. The number of carbonyl (C=O) groups is 3. The van der Waals surface area contributed by atoms with Gasteiger partial charge in [0.25, 0.3) is 30.1 Å². The van der Waals surface area contributed by atoms with E-state index in [0.29, 0.717) is 34.2 Å². The summed E-state index contributed by atoms with van der Waals surface area (Å²) in [5.74, 6) is -2.33. The van der Waals surface area contributed by atoms with E-state index in [1.807, 2.05) is 120 Å². The molecule has 7 aromatic carbocycles. The van der Waals surface area contributed by atoms with Crippen LogP contribution in [0.4, 0.5) is 20.0 Å². The van der Waals surface area contributed by atoms with Crippen molar-refractivity contribution in [3.05, 3.63) is 209 Å². The van der Waals surface area contributed by atoms with Gasteiger partial charge in [-0.05, 0) is 175 Å². The van der Waals surface area contributed by atoms with Gasteiger partial charge in [-0.2, -0.15) is 0 Å². The molecule has 0 bridgehead atoms. The number of sulfonamides is 3. The minimum atomic E-state index is -3.81.